The average Bonchev–Trinajstić information content (AvgIpc) is 3.08. The van der Waals surface area contributed by atoms with Gasteiger partial charge in [-0.2, -0.15) is 0 Å². The topological polar surface area (TPSA) is 79.6 Å². The summed E-state index contributed by atoms with van der Waals surface area (Å²) in [6, 6.07) is 2.74. The molecule has 0 atom stereocenters. The summed E-state index contributed by atoms with van der Waals surface area (Å²) in [7, 11) is 0. The van der Waals surface area contributed by atoms with E-state index in [0.29, 0.717) is 24.9 Å². The van der Waals surface area contributed by atoms with Gasteiger partial charge in [0, 0.05) is 0 Å². The van der Waals surface area contributed by atoms with Crippen molar-refractivity contribution in [1.82, 2.24) is 10.2 Å². The molecule has 1 aliphatic carbocycles. The average molecular weight is 262 g/mol. The van der Waals surface area contributed by atoms with Gasteiger partial charge in [0.1, 0.15) is 11.3 Å². The molecule has 6 heteroatoms. The first-order valence-corrected chi connectivity index (χ1v) is 6.33. The maximum absolute atomic E-state index is 12.4. The predicted molar refractivity (Wildman–Crippen MR) is 64.4 cm³/mol. The highest BCUT2D eigenvalue weighted by Crippen LogP contribution is 2.35. The third kappa shape index (κ3) is 1.83. The molecule has 3 rings (SSSR count). The molecule has 6 nitrogen and oxygen atoms in total. The van der Waals surface area contributed by atoms with Crippen LogP contribution < -0.4 is 5.32 Å². The van der Waals surface area contributed by atoms with Gasteiger partial charge in [-0.25, -0.2) is 4.79 Å². The fourth-order valence-electron chi connectivity index (χ4n) is 2.84. The number of hydrogen-bond donors (Lipinski definition) is 1. The zero-order valence-corrected chi connectivity index (χ0v) is 10.3. The summed E-state index contributed by atoms with van der Waals surface area (Å²) in [5.74, 6) is 0.442. The van der Waals surface area contributed by atoms with Gasteiger partial charge in [-0.05, 0) is 25.0 Å². The zero-order chi connectivity index (χ0) is 13.5. The number of furan rings is 1. The molecule has 1 N–H and O–H groups in total. The second kappa shape index (κ2) is 4.22. The van der Waals surface area contributed by atoms with E-state index in [-0.39, 0.29) is 24.2 Å². The van der Waals surface area contributed by atoms with Gasteiger partial charge in [0.25, 0.3) is 5.91 Å². The van der Waals surface area contributed by atoms with Crippen LogP contribution in [0, 0.1) is 0 Å². The monoisotopic (exact) mass is 262 g/mol. The Morgan fingerprint density at radius 2 is 2.05 bits per heavy atom. The predicted octanol–water partition coefficient (Wildman–Crippen LogP) is 1.46. The van der Waals surface area contributed by atoms with Gasteiger partial charge in [0.2, 0.25) is 0 Å². The Bertz CT molecular complexity index is 543. The van der Waals surface area contributed by atoms with E-state index < -0.39 is 5.54 Å². The SMILES string of the molecule is O=Cc1ccc(CN2C(=O)NC3(CCCC3)C2=O)o1. The van der Waals surface area contributed by atoms with Crippen LogP contribution in [-0.4, -0.2) is 28.7 Å². The van der Waals surface area contributed by atoms with Crippen molar-refractivity contribution in [3.05, 3.63) is 23.7 Å². The number of urea groups is 1. The number of hydrogen-bond acceptors (Lipinski definition) is 4. The molecular formula is C13H14N2O4. The number of imide groups is 1. The second-order valence-electron chi connectivity index (χ2n) is 5.03. The number of aldehydes is 1. The highest BCUT2D eigenvalue weighted by molar-refractivity contribution is 6.07. The standard InChI is InChI=1S/C13H14N2O4/c16-8-10-4-3-9(19-10)7-15-11(17)13(14-12(15)18)5-1-2-6-13/h3-4,8H,1-2,5-7H2,(H,14,18). The van der Waals surface area contributed by atoms with E-state index in [0.717, 1.165) is 12.8 Å². The minimum atomic E-state index is -0.697. The third-order valence-corrected chi connectivity index (χ3v) is 3.82. The Balaban J connectivity index is 1.79. The van der Waals surface area contributed by atoms with Crippen molar-refractivity contribution in [3.63, 3.8) is 0 Å². The zero-order valence-electron chi connectivity index (χ0n) is 10.3. The molecule has 1 spiro atoms. The van der Waals surface area contributed by atoms with Crippen LogP contribution in [0.25, 0.3) is 0 Å². The summed E-state index contributed by atoms with van der Waals surface area (Å²) < 4.78 is 5.20. The van der Waals surface area contributed by atoms with Gasteiger partial charge in [-0.1, -0.05) is 12.8 Å². The number of nitrogens with zero attached hydrogens (tertiary/aromatic N) is 1. The van der Waals surface area contributed by atoms with Crippen LogP contribution in [0.4, 0.5) is 4.79 Å². The van der Waals surface area contributed by atoms with E-state index in [9.17, 15) is 14.4 Å². The quantitative estimate of drug-likeness (QED) is 0.660. The lowest BCUT2D eigenvalue weighted by atomic mass is 9.98. The molecule has 1 saturated heterocycles. The summed E-state index contributed by atoms with van der Waals surface area (Å²) >= 11 is 0. The van der Waals surface area contributed by atoms with E-state index in [1.807, 2.05) is 0 Å². The third-order valence-electron chi connectivity index (χ3n) is 3.82. The number of carbonyl (C=O) groups is 3. The Hall–Kier alpha value is -2.11. The normalized spacial score (nSPS) is 21.2. The van der Waals surface area contributed by atoms with Crippen LogP contribution >= 0.6 is 0 Å². The highest BCUT2D eigenvalue weighted by atomic mass is 16.3. The van der Waals surface area contributed by atoms with Crippen LogP contribution in [0.5, 0.6) is 0 Å². The Labute approximate surface area is 109 Å². The lowest BCUT2D eigenvalue weighted by molar-refractivity contribution is -0.131. The van der Waals surface area contributed by atoms with Crippen molar-refractivity contribution < 1.29 is 18.8 Å². The molecule has 3 amide bonds. The van der Waals surface area contributed by atoms with E-state index in [4.69, 9.17) is 4.42 Å². The minimum absolute atomic E-state index is 0.0697. The van der Waals surface area contributed by atoms with Crippen molar-refractivity contribution in [2.45, 2.75) is 37.8 Å². The van der Waals surface area contributed by atoms with E-state index >= 15 is 0 Å². The summed E-state index contributed by atoms with van der Waals surface area (Å²) in [5.41, 5.74) is -0.697. The van der Waals surface area contributed by atoms with E-state index in [2.05, 4.69) is 5.32 Å². The molecule has 1 saturated carbocycles. The number of nitrogens with one attached hydrogen (secondary N) is 1. The lowest BCUT2D eigenvalue weighted by Crippen LogP contribution is -2.44. The lowest BCUT2D eigenvalue weighted by Gasteiger charge is -2.19. The first-order chi connectivity index (χ1) is 9.14. The number of rotatable bonds is 3. The molecule has 2 heterocycles. The summed E-state index contributed by atoms with van der Waals surface area (Å²) in [5, 5.41) is 2.80. The Morgan fingerprint density at radius 1 is 1.32 bits per heavy atom. The second-order valence-corrected chi connectivity index (χ2v) is 5.03. The van der Waals surface area contributed by atoms with Gasteiger partial charge < -0.3 is 9.73 Å². The molecule has 1 aliphatic heterocycles. The minimum Gasteiger partial charge on any atom is -0.456 e. The summed E-state index contributed by atoms with van der Waals surface area (Å²) in [6.45, 7) is 0.0697. The number of amides is 3. The highest BCUT2D eigenvalue weighted by Gasteiger charge is 2.52. The molecule has 2 aliphatic rings. The maximum Gasteiger partial charge on any atom is 0.325 e. The maximum atomic E-state index is 12.4. The smallest absolute Gasteiger partial charge is 0.325 e. The Kier molecular flexibility index (Phi) is 2.66. The molecule has 2 fully saturated rings. The van der Waals surface area contributed by atoms with Crippen LogP contribution in [-0.2, 0) is 11.3 Å². The molecular weight excluding hydrogens is 248 g/mol. The van der Waals surface area contributed by atoms with Crippen molar-refractivity contribution in [2.24, 2.45) is 0 Å². The molecule has 0 bridgehead atoms. The van der Waals surface area contributed by atoms with E-state index in [1.54, 1.807) is 6.07 Å². The van der Waals surface area contributed by atoms with Crippen LogP contribution in [0.2, 0.25) is 0 Å². The van der Waals surface area contributed by atoms with Crippen molar-refractivity contribution in [1.29, 1.82) is 0 Å². The number of carbonyl (C=O) groups excluding carboxylic acids is 3. The first-order valence-electron chi connectivity index (χ1n) is 6.33. The fourth-order valence-corrected chi connectivity index (χ4v) is 2.84. The molecule has 100 valence electrons. The van der Waals surface area contributed by atoms with Gasteiger partial charge in [0.15, 0.2) is 12.0 Å². The van der Waals surface area contributed by atoms with Crippen LogP contribution in [0.1, 0.15) is 42.0 Å². The Morgan fingerprint density at radius 3 is 2.68 bits per heavy atom. The summed E-state index contributed by atoms with van der Waals surface area (Å²) in [6.07, 6.45) is 3.90. The molecule has 0 unspecified atom stereocenters. The molecule has 0 aromatic carbocycles. The molecule has 19 heavy (non-hydrogen) atoms. The largest absolute Gasteiger partial charge is 0.456 e. The van der Waals surface area contributed by atoms with Crippen LogP contribution in [0.15, 0.2) is 16.5 Å². The first kappa shape index (κ1) is 12.0. The van der Waals surface area contributed by atoms with Crippen molar-refractivity contribution in [3.8, 4) is 0 Å². The van der Waals surface area contributed by atoms with Gasteiger partial charge in [-0.15, -0.1) is 0 Å². The molecule has 1 aromatic heterocycles. The molecule has 1 aromatic rings. The van der Waals surface area contributed by atoms with Gasteiger partial charge >= 0.3 is 6.03 Å². The van der Waals surface area contributed by atoms with E-state index in [1.165, 1.54) is 11.0 Å². The van der Waals surface area contributed by atoms with Gasteiger partial charge in [-0.3, -0.25) is 14.5 Å². The van der Waals surface area contributed by atoms with Crippen molar-refractivity contribution in [2.75, 3.05) is 0 Å². The fraction of sp³-hybridized carbons (Fsp3) is 0.462. The van der Waals surface area contributed by atoms with Crippen LogP contribution in [0.3, 0.4) is 0 Å². The van der Waals surface area contributed by atoms with Gasteiger partial charge in [0.05, 0.1) is 6.54 Å². The summed E-state index contributed by atoms with van der Waals surface area (Å²) in [4.78, 5) is 36.0. The van der Waals surface area contributed by atoms with Crippen molar-refractivity contribution >= 4 is 18.2 Å². The molecule has 0 radical (unpaired) electrons.